The largest absolute Gasteiger partial charge is 0.495 e. The second-order valence-electron chi connectivity index (χ2n) is 2.81. The maximum Gasteiger partial charge on any atom is 0.145 e. The molecule has 1 aromatic rings. The third kappa shape index (κ3) is 1.95. The summed E-state index contributed by atoms with van der Waals surface area (Å²) in [6.07, 6.45) is 2.26. The molecule has 2 heterocycles. The van der Waals surface area contributed by atoms with Crippen molar-refractivity contribution in [3.63, 3.8) is 0 Å². The van der Waals surface area contributed by atoms with Crippen LogP contribution in [-0.4, -0.2) is 11.7 Å². The van der Waals surface area contributed by atoms with Gasteiger partial charge in [0.15, 0.2) is 0 Å². The van der Waals surface area contributed by atoms with Gasteiger partial charge in [0.1, 0.15) is 11.9 Å². The van der Waals surface area contributed by atoms with Gasteiger partial charge < -0.3 is 9.84 Å². The molecule has 0 aromatic carbocycles. The van der Waals surface area contributed by atoms with Gasteiger partial charge in [0.05, 0.1) is 6.61 Å². The van der Waals surface area contributed by atoms with Gasteiger partial charge in [-0.15, -0.1) is 11.3 Å². The number of ether oxygens (including phenoxy) is 1. The van der Waals surface area contributed by atoms with Gasteiger partial charge in [-0.3, -0.25) is 0 Å². The summed E-state index contributed by atoms with van der Waals surface area (Å²) >= 11 is 4.87. The van der Waals surface area contributed by atoms with Gasteiger partial charge in [0, 0.05) is 21.2 Å². The van der Waals surface area contributed by atoms with Crippen molar-refractivity contribution >= 4 is 27.3 Å². The molecule has 2 rings (SSSR count). The minimum absolute atomic E-state index is 0.584. The van der Waals surface area contributed by atoms with Crippen LogP contribution in [-0.2, 0) is 4.74 Å². The first kappa shape index (κ1) is 9.24. The molecule has 70 valence electrons. The molecular formula is C9H9BrO2S. The minimum atomic E-state index is -0.584. The third-order valence-electron chi connectivity index (χ3n) is 1.86. The Morgan fingerprint density at radius 1 is 1.62 bits per heavy atom. The van der Waals surface area contributed by atoms with E-state index < -0.39 is 6.10 Å². The molecule has 1 aliphatic heterocycles. The molecule has 1 N–H and O–H groups in total. The van der Waals surface area contributed by atoms with E-state index in [0.717, 1.165) is 15.8 Å². The predicted molar refractivity (Wildman–Crippen MR) is 55.6 cm³/mol. The number of hydrogen-bond donors (Lipinski definition) is 1. The Morgan fingerprint density at radius 3 is 3.00 bits per heavy atom. The zero-order valence-electron chi connectivity index (χ0n) is 6.87. The van der Waals surface area contributed by atoms with Crippen molar-refractivity contribution in [2.75, 3.05) is 6.61 Å². The van der Waals surface area contributed by atoms with E-state index in [1.807, 2.05) is 17.5 Å². The molecule has 1 atom stereocenters. The van der Waals surface area contributed by atoms with Crippen LogP contribution < -0.4 is 0 Å². The Hall–Kier alpha value is -0.320. The molecule has 0 radical (unpaired) electrons. The number of hydrogen-bond acceptors (Lipinski definition) is 3. The molecule has 13 heavy (non-hydrogen) atoms. The van der Waals surface area contributed by atoms with Crippen molar-refractivity contribution in [3.8, 4) is 0 Å². The van der Waals surface area contributed by atoms with Crippen LogP contribution in [0.15, 0.2) is 27.8 Å². The molecule has 0 bridgehead atoms. The van der Waals surface area contributed by atoms with E-state index in [9.17, 15) is 5.11 Å². The molecule has 4 heteroatoms. The van der Waals surface area contributed by atoms with Crippen LogP contribution in [0.25, 0.3) is 0 Å². The summed E-state index contributed by atoms with van der Waals surface area (Å²) in [7, 11) is 0. The van der Waals surface area contributed by atoms with E-state index in [1.165, 1.54) is 11.3 Å². The van der Waals surface area contributed by atoms with Gasteiger partial charge >= 0.3 is 0 Å². The zero-order valence-corrected chi connectivity index (χ0v) is 9.27. The van der Waals surface area contributed by atoms with Gasteiger partial charge in [-0.2, -0.15) is 0 Å². The zero-order chi connectivity index (χ0) is 9.26. The Kier molecular flexibility index (Phi) is 2.71. The van der Waals surface area contributed by atoms with Crippen molar-refractivity contribution < 1.29 is 9.84 Å². The predicted octanol–water partition coefficient (Wildman–Crippen LogP) is 2.85. The SMILES string of the molecule is OC(C1=CCCO1)c1cc(Br)cs1. The summed E-state index contributed by atoms with van der Waals surface area (Å²) in [6.45, 7) is 0.693. The molecule has 0 spiro atoms. The van der Waals surface area contributed by atoms with Crippen LogP contribution >= 0.6 is 27.3 Å². The highest BCUT2D eigenvalue weighted by Crippen LogP contribution is 2.32. The average molecular weight is 261 g/mol. The lowest BCUT2D eigenvalue weighted by Crippen LogP contribution is -1.99. The highest BCUT2D eigenvalue weighted by molar-refractivity contribution is 9.10. The Labute approximate surface area is 89.0 Å². The van der Waals surface area contributed by atoms with Gasteiger partial charge in [0.25, 0.3) is 0 Å². The lowest BCUT2D eigenvalue weighted by molar-refractivity contribution is 0.121. The Balaban J connectivity index is 2.16. The first-order valence-electron chi connectivity index (χ1n) is 4.02. The highest BCUT2D eigenvalue weighted by atomic mass is 79.9. The summed E-state index contributed by atoms with van der Waals surface area (Å²) in [4.78, 5) is 0.917. The maximum absolute atomic E-state index is 9.83. The molecule has 0 amide bonds. The van der Waals surface area contributed by atoms with Crippen molar-refractivity contribution in [3.05, 3.63) is 32.6 Å². The second kappa shape index (κ2) is 3.82. The van der Waals surface area contributed by atoms with E-state index in [1.54, 1.807) is 0 Å². The number of thiophene rings is 1. The fourth-order valence-corrected chi connectivity index (χ4v) is 2.67. The standard InChI is InChI=1S/C9H9BrO2S/c10-6-4-8(13-5-6)9(11)7-2-1-3-12-7/h2,4-5,9,11H,1,3H2. The molecule has 0 saturated heterocycles. The van der Waals surface area contributed by atoms with Gasteiger partial charge in [-0.1, -0.05) is 0 Å². The lowest BCUT2D eigenvalue weighted by Gasteiger charge is -2.09. The van der Waals surface area contributed by atoms with E-state index in [2.05, 4.69) is 15.9 Å². The fourth-order valence-electron chi connectivity index (χ4n) is 1.24. The smallest absolute Gasteiger partial charge is 0.145 e. The van der Waals surface area contributed by atoms with Gasteiger partial charge in [-0.05, 0) is 28.1 Å². The van der Waals surface area contributed by atoms with Crippen LogP contribution in [0, 0.1) is 0 Å². The van der Waals surface area contributed by atoms with Crippen LogP contribution in [0.3, 0.4) is 0 Å². The first-order valence-corrected chi connectivity index (χ1v) is 5.69. The summed E-state index contributed by atoms with van der Waals surface area (Å²) in [5.74, 6) is 0.689. The van der Waals surface area contributed by atoms with Crippen LogP contribution in [0.4, 0.5) is 0 Å². The van der Waals surface area contributed by atoms with E-state index in [0.29, 0.717) is 12.4 Å². The monoisotopic (exact) mass is 260 g/mol. The molecule has 0 saturated carbocycles. The van der Waals surface area contributed by atoms with Crippen LogP contribution in [0.1, 0.15) is 17.4 Å². The van der Waals surface area contributed by atoms with Crippen molar-refractivity contribution in [2.24, 2.45) is 0 Å². The number of aliphatic hydroxyl groups excluding tert-OH is 1. The average Bonchev–Trinajstić information content (AvgIpc) is 2.72. The topological polar surface area (TPSA) is 29.5 Å². The summed E-state index contributed by atoms with van der Waals surface area (Å²) in [6, 6.07) is 1.91. The quantitative estimate of drug-likeness (QED) is 0.887. The van der Waals surface area contributed by atoms with E-state index >= 15 is 0 Å². The molecule has 0 aliphatic carbocycles. The molecule has 1 aromatic heterocycles. The van der Waals surface area contributed by atoms with Crippen molar-refractivity contribution in [2.45, 2.75) is 12.5 Å². The van der Waals surface area contributed by atoms with Crippen LogP contribution in [0.2, 0.25) is 0 Å². The number of aliphatic hydroxyl groups is 1. The highest BCUT2D eigenvalue weighted by Gasteiger charge is 2.19. The van der Waals surface area contributed by atoms with Gasteiger partial charge in [-0.25, -0.2) is 0 Å². The van der Waals surface area contributed by atoms with Crippen molar-refractivity contribution in [1.82, 2.24) is 0 Å². The third-order valence-corrected chi connectivity index (χ3v) is 3.60. The van der Waals surface area contributed by atoms with Crippen molar-refractivity contribution in [1.29, 1.82) is 0 Å². The molecule has 2 nitrogen and oxygen atoms in total. The molecule has 0 fully saturated rings. The summed E-state index contributed by atoms with van der Waals surface area (Å²) < 4.78 is 6.29. The normalized spacial score (nSPS) is 18.2. The van der Waals surface area contributed by atoms with E-state index in [-0.39, 0.29) is 0 Å². The number of halogens is 1. The van der Waals surface area contributed by atoms with Crippen LogP contribution in [0.5, 0.6) is 0 Å². The number of rotatable bonds is 2. The summed E-state index contributed by atoms with van der Waals surface area (Å²) in [5.41, 5.74) is 0. The first-order chi connectivity index (χ1) is 6.27. The summed E-state index contributed by atoms with van der Waals surface area (Å²) in [5, 5.41) is 11.8. The fraction of sp³-hybridized carbons (Fsp3) is 0.333. The minimum Gasteiger partial charge on any atom is -0.495 e. The Bertz CT molecular complexity index is 332. The van der Waals surface area contributed by atoms with E-state index in [4.69, 9.17) is 4.74 Å². The molecule has 1 aliphatic rings. The Morgan fingerprint density at radius 2 is 2.46 bits per heavy atom. The second-order valence-corrected chi connectivity index (χ2v) is 4.67. The molecule has 1 unspecified atom stereocenters. The molecular weight excluding hydrogens is 252 g/mol. The van der Waals surface area contributed by atoms with Gasteiger partial charge in [0.2, 0.25) is 0 Å². The maximum atomic E-state index is 9.83. The lowest BCUT2D eigenvalue weighted by atomic mass is 10.2.